The van der Waals surface area contributed by atoms with Gasteiger partial charge in [-0.1, -0.05) is 0 Å². The van der Waals surface area contributed by atoms with Gasteiger partial charge >= 0.3 is 11.9 Å². The quantitative estimate of drug-likeness (QED) is 0.327. The van der Waals surface area contributed by atoms with Crippen LogP contribution in [0.15, 0.2) is 35.7 Å². The van der Waals surface area contributed by atoms with Crippen molar-refractivity contribution in [2.75, 3.05) is 31.1 Å². The summed E-state index contributed by atoms with van der Waals surface area (Å²) in [5.41, 5.74) is 1.23. The van der Waals surface area contributed by atoms with Gasteiger partial charge in [-0.25, -0.2) is 14.0 Å². The van der Waals surface area contributed by atoms with Crippen LogP contribution in [-0.2, 0) is 14.4 Å². The summed E-state index contributed by atoms with van der Waals surface area (Å²) in [6.07, 6.45) is 4.34. The third kappa shape index (κ3) is 7.68. The number of hydrogen-bond donors (Lipinski definition) is 3. The molecule has 2 fully saturated rings. The standard InChI is InChI=1S/C22H30FN3OS2.C4H4O4/c1-15-25(21(27)22(2,3)29-15)10-5-4-6-17-13-24-9-11-26(17)19-14-28-20-12-16(23)7-8-18(19)20;5-3(6)1-2-4(7)8/h7-8,12,14-15,17,24H,4-6,9-11,13H2,1-3H3;1-2H,(H,5,6)(H,7,8). The van der Waals surface area contributed by atoms with E-state index in [1.807, 2.05) is 24.8 Å². The van der Waals surface area contributed by atoms with Crippen LogP contribution in [-0.4, -0.2) is 75.3 Å². The summed E-state index contributed by atoms with van der Waals surface area (Å²) >= 11 is 3.38. The molecule has 3 heterocycles. The Morgan fingerprint density at radius 1 is 1.22 bits per heavy atom. The zero-order valence-electron chi connectivity index (χ0n) is 21.3. The van der Waals surface area contributed by atoms with Crippen molar-refractivity contribution in [2.45, 2.75) is 56.2 Å². The molecule has 2 unspecified atom stereocenters. The van der Waals surface area contributed by atoms with Gasteiger partial charge in [0.1, 0.15) is 5.82 Å². The Kier molecular flexibility index (Phi) is 9.97. The monoisotopic (exact) mass is 551 g/mol. The first kappa shape index (κ1) is 28.9. The van der Waals surface area contributed by atoms with Gasteiger partial charge in [0.25, 0.3) is 0 Å². The molecule has 1 amide bonds. The Morgan fingerprint density at radius 2 is 1.92 bits per heavy atom. The fraction of sp³-hybridized carbons (Fsp3) is 0.500. The van der Waals surface area contributed by atoms with E-state index < -0.39 is 11.9 Å². The minimum Gasteiger partial charge on any atom is -0.478 e. The second-order valence-corrected chi connectivity index (χ2v) is 12.4. The average molecular weight is 552 g/mol. The Bertz CT molecular complexity index is 1140. The molecule has 0 bridgehead atoms. The largest absolute Gasteiger partial charge is 0.478 e. The smallest absolute Gasteiger partial charge is 0.328 e. The van der Waals surface area contributed by atoms with Crippen molar-refractivity contribution in [1.29, 1.82) is 0 Å². The summed E-state index contributed by atoms with van der Waals surface area (Å²) < 4.78 is 14.3. The third-order valence-electron chi connectivity index (χ3n) is 6.41. The number of carboxylic acid groups (broad SMARTS) is 2. The maximum atomic E-state index is 13.6. The van der Waals surface area contributed by atoms with E-state index in [9.17, 15) is 18.8 Å². The van der Waals surface area contributed by atoms with Gasteiger partial charge < -0.3 is 25.3 Å². The highest BCUT2D eigenvalue weighted by Crippen LogP contribution is 2.40. The molecular formula is C26H34FN3O5S2. The lowest BCUT2D eigenvalue weighted by molar-refractivity contribution is -0.134. The number of carboxylic acids is 2. The number of thiophene rings is 1. The van der Waals surface area contributed by atoms with Crippen LogP contribution in [0.5, 0.6) is 0 Å². The number of nitrogens with one attached hydrogen (secondary N) is 1. The molecule has 3 N–H and O–H groups in total. The predicted octanol–water partition coefficient (Wildman–Crippen LogP) is 4.40. The number of fused-ring (bicyclic) bond motifs is 1. The molecule has 0 spiro atoms. The first-order chi connectivity index (χ1) is 17.5. The number of halogens is 1. The van der Waals surface area contributed by atoms with E-state index in [0.717, 1.165) is 55.5 Å². The molecule has 1 aromatic carbocycles. The lowest BCUT2D eigenvalue weighted by atomic mass is 10.0. The van der Waals surface area contributed by atoms with Crippen LogP contribution >= 0.6 is 23.1 Å². The molecule has 4 rings (SSSR count). The lowest BCUT2D eigenvalue weighted by Gasteiger charge is -2.38. The van der Waals surface area contributed by atoms with Gasteiger partial charge in [0.05, 0.1) is 15.8 Å². The van der Waals surface area contributed by atoms with Gasteiger partial charge in [0, 0.05) is 59.8 Å². The lowest BCUT2D eigenvalue weighted by Crippen LogP contribution is -2.51. The molecule has 1 aromatic heterocycles. The first-order valence-electron chi connectivity index (χ1n) is 12.3. The highest BCUT2D eigenvalue weighted by Gasteiger charge is 2.43. The molecule has 37 heavy (non-hydrogen) atoms. The van der Waals surface area contributed by atoms with Gasteiger partial charge in [-0.2, -0.15) is 0 Å². The Morgan fingerprint density at radius 3 is 2.54 bits per heavy atom. The zero-order chi connectivity index (χ0) is 27.2. The normalized spacial score (nSPS) is 21.4. The molecular weight excluding hydrogens is 517 g/mol. The molecule has 2 aliphatic heterocycles. The van der Waals surface area contributed by atoms with Crippen LogP contribution in [0.4, 0.5) is 10.1 Å². The summed E-state index contributed by atoms with van der Waals surface area (Å²) in [7, 11) is 0. The topological polar surface area (TPSA) is 110 Å². The molecule has 2 atom stereocenters. The summed E-state index contributed by atoms with van der Waals surface area (Å²) in [6.45, 7) is 9.95. The highest BCUT2D eigenvalue weighted by molar-refractivity contribution is 8.02. The molecule has 0 radical (unpaired) electrons. The number of hydrogen-bond acceptors (Lipinski definition) is 7. The number of anilines is 1. The van der Waals surface area contributed by atoms with E-state index in [0.29, 0.717) is 18.2 Å². The molecule has 2 saturated heterocycles. The summed E-state index contributed by atoms with van der Waals surface area (Å²) in [4.78, 5) is 36.2. The minimum atomic E-state index is -1.26. The van der Waals surface area contributed by atoms with Crippen molar-refractivity contribution in [1.82, 2.24) is 10.2 Å². The molecule has 2 aromatic rings. The fourth-order valence-electron chi connectivity index (χ4n) is 4.69. The number of piperazine rings is 1. The predicted molar refractivity (Wildman–Crippen MR) is 147 cm³/mol. The average Bonchev–Trinajstić information content (AvgIpc) is 3.33. The number of benzene rings is 1. The Balaban J connectivity index is 0.000000414. The maximum absolute atomic E-state index is 13.6. The van der Waals surface area contributed by atoms with Gasteiger partial charge in [-0.05, 0) is 58.2 Å². The van der Waals surface area contributed by atoms with Gasteiger partial charge in [-0.3, -0.25) is 4.79 Å². The van der Waals surface area contributed by atoms with Crippen molar-refractivity contribution >= 4 is 56.7 Å². The van der Waals surface area contributed by atoms with Crippen LogP contribution in [0, 0.1) is 5.82 Å². The zero-order valence-corrected chi connectivity index (χ0v) is 22.9. The number of unbranched alkanes of at least 4 members (excludes halogenated alkanes) is 1. The SMILES string of the molecule is CC1SC(C)(C)C(=O)N1CCCCC1CNCCN1c1csc2cc(F)ccc12.O=C(O)C=CC(=O)O. The van der Waals surface area contributed by atoms with Crippen molar-refractivity contribution < 1.29 is 29.0 Å². The van der Waals surface area contributed by atoms with E-state index >= 15 is 0 Å². The minimum absolute atomic E-state index is 0.171. The fourth-order valence-corrected chi connectivity index (χ4v) is 7.07. The number of nitrogens with zero attached hydrogens (tertiary/aromatic N) is 2. The van der Waals surface area contributed by atoms with Crippen LogP contribution in [0.3, 0.4) is 0 Å². The van der Waals surface area contributed by atoms with Crippen LogP contribution in [0.1, 0.15) is 40.0 Å². The van der Waals surface area contributed by atoms with E-state index in [-0.39, 0.29) is 21.8 Å². The summed E-state index contributed by atoms with van der Waals surface area (Å²) in [5.74, 6) is -2.41. The highest BCUT2D eigenvalue weighted by atomic mass is 32.2. The second-order valence-electron chi connectivity index (χ2n) is 9.54. The van der Waals surface area contributed by atoms with E-state index in [2.05, 4.69) is 22.5 Å². The molecule has 0 saturated carbocycles. The number of thioether (sulfide) groups is 1. The first-order valence-corrected chi connectivity index (χ1v) is 14.0. The molecule has 11 heteroatoms. The van der Waals surface area contributed by atoms with Crippen LogP contribution in [0.25, 0.3) is 10.1 Å². The number of aliphatic carboxylic acids is 2. The summed E-state index contributed by atoms with van der Waals surface area (Å²) in [5, 5.41) is 22.7. The van der Waals surface area contributed by atoms with Crippen molar-refractivity contribution in [3.63, 3.8) is 0 Å². The van der Waals surface area contributed by atoms with E-state index in [1.54, 1.807) is 35.2 Å². The number of carbonyl (C=O) groups excluding carboxylic acids is 1. The second kappa shape index (κ2) is 12.7. The molecule has 202 valence electrons. The molecule has 8 nitrogen and oxygen atoms in total. The summed E-state index contributed by atoms with van der Waals surface area (Å²) in [6, 6.07) is 5.54. The van der Waals surface area contributed by atoms with Gasteiger partial charge in [-0.15, -0.1) is 23.1 Å². The van der Waals surface area contributed by atoms with Crippen LogP contribution in [0.2, 0.25) is 0 Å². The molecule has 0 aliphatic carbocycles. The maximum Gasteiger partial charge on any atom is 0.328 e. The van der Waals surface area contributed by atoms with Gasteiger partial charge in [0.15, 0.2) is 0 Å². The van der Waals surface area contributed by atoms with Crippen LogP contribution < -0.4 is 10.2 Å². The Labute approximate surface area is 224 Å². The van der Waals surface area contributed by atoms with E-state index in [4.69, 9.17) is 10.2 Å². The van der Waals surface area contributed by atoms with Crippen molar-refractivity contribution in [2.24, 2.45) is 0 Å². The van der Waals surface area contributed by atoms with E-state index in [1.165, 1.54) is 5.69 Å². The van der Waals surface area contributed by atoms with Gasteiger partial charge in [0.2, 0.25) is 5.91 Å². The van der Waals surface area contributed by atoms with Crippen molar-refractivity contribution in [3.8, 4) is 0 Å². The number of carbonyl (C=O) groups is 3. The Hall–Kier alpha value is -2.63. The molecule has 2 aliphatic rings. The number of rotatable bonds is 8. The third-order valence-corrected chi connectivity index (χ3v) is 8.70. The van der Waals surface area contributed by atoms with Crippen molar-refractivity contribution in [3.05, 3.63) is 41.5 Å². The number of amides is 1.